The van der Waals surface area contributed by atoms with Crippen LogP contribution in [-0.2, 0) is 15.8 Å². The van der Waals surface area contributed by atoms with Crippen LogP contribution in [0, 0.1) is 0 Å². The highest BCUT2D eigenvalue weighted by molar-refractivity contribution is 6.39. The number of hydrogen-bond acceptors (Lipinski definition) is 4. The fraction of sp³-hybridized carbons (Fsp3) is 0.312. The maximum Gasteiger partial charge on any atom is 0.416 e. The average molecular weight is 370 g/mol. The average Bonchev–Trinajstić information content (AvgIpc) is 3.06. The van der Waals surface area contributed by atoms with Gasteiger partial charge in [0.05, 0.1) is 29.3 Å². The van der Waals surface area contributed by atoms with Crippen LogP contribution >= 0.6 is 0 Å². The molecule has 2 rings (SSSR count). The SMILES string of the molecule is CN(CCCO)C(=O)C(=O)Nc1cnn(-c2ccc(C(F)(F)F)cc2)c1. The van der Waals surface area contributed by atoms with Gasteiger partial charge in [-0.3, -0.25) is 9.59 Å². The third kappa shape index (κ3) is 4.82. The lowest BCUT2D eigenvalue weighted by Crippen LogP contribution is -2.37. The summed E-state index contributed by atoms with van der Waals surface area (Å²) in [6.45, 7) is 0.132. The molecule has 1 heterocycles. The topological polar surface area (TPSA) is 87.5 Å². The number of alkyl halides is 3. The van der Waals surface area contributed by atoms with Gasteiger partial charge in [-0.25, -0.2) is 4.68 Å². The lowest BCUT2D eigenvalue weighted by Gasteiger charge is -2.15. The standard InChI is InChI=1S/C16H17F3N4O3/c1-22(7-2-8-24)15(26)14(25)21-12-9-20-23(10-12)13-5-3-11(4-6-13)16(17,18)19/h3-6,9-10,24H,2,7-8H2,1H3,(H,21,25). The highest BCUT2D eigenvalue weighted by Gasteiger charge is 2.30. The van der Waals surface area contributed by atoms with Crippen LogP contribution in [0.15, 0.2) is 36.7 Å². The summed E-state index contributed by atoms with van der Waals surface area (Å²) in [6.07, 6.45) is -1.43. The van der Waals surface area contributed by atoms with Crippen LogP contribution in [0.3, 0.4) is 0 Å². The minimum absolute atomic E-state index is 0.0981. The monoisotopic (exact) mass is 370 g/mol. The summed E-state index contributed by atoms with van der Waals surface area (Å²) in [5.41, 5.74) is -0.192. The molecular formula is C16H17F3N4O3. The lowest BCUT2D eigenvalue weighted by atomic mass is 10.2. The zero-order valence-electron chi connectivity index (χ0n) is 13.8. The van der Waals surface area contributed by atoms with Crippen molar-refractivity contribution in [2.75, 3.05) is 25.5 Å². The molecule has 140 valence electrons. The molecule has 0 spiro atoms. The van der Waals surface area contributed by atoms with Gasteiger partial charge in [-0.05, 0) is 30.7 Å². The Bertz CT molecular complexity index is 772. The second-order valence-corrected chi connectivity index (χ2v) is 5.48. The van der Waals surface area contributed by atoms with Crippen molar-refractivity contribution in [2.24, 2.45) is 0 Å². The molecule has 7 nitrogen and oxygen atoms in total. The minimum Gasteiger partial charge on any atom is -0.396 e. The van der Waals surface area contributed by atoms with Gasteiger partial charge in [0.15, 0.2) is 0 Å². The van der Waals surface area contributed by atoms with Gasteiger partial charge in [-0.1, -0.05) is 0 Å². The number of anilines is 1. The highest BCUT2D eigenvalue weighted by Crippen LogP contribution is 2.29. The largest absolute Gasteiger partial charge is 0.416 e. The number of aliphatic hydroxyl groups is 1. The number of aliphatic hydroxyl groups excluding tert-OH is 1. The van der Waals surface area contributed by atoms with Crippen LogP contribution in [0.5, 0.6) is 0 Å². The molecular weight excluding hydrogens is 353 g/mol. The van der Waals surface area contributed by atoms with Crippen molar-refractivity contribution in [2.45, 2.75) is 12.6 Å². The Labute approximate surface area is 147 Å². The number of nitrogens with zero attached hydrogens (tertiary/aromatic N) is 3. The van der Waals surface area contributed by atoms with Crippen molar-refractivity contribution >= 4 is 17.5 Å². The number of halogens is 3. The van der Waals surface area contributed by atoms with Crippen molar-refractivity contribution in [1.82, 2.24) is 14.7 Å². The van der Waals surface area contributed by atoms with Crippen LogP contribution < -0.4 is 5.32 Å². The van der Waals surface area contributed by atoms with E-state index in [1.165, 1.54) is 41.2 Å². The number of carbonyl (C=O) groups is 2. The van der Waals surface area contributed by atoms with E-state index in [0.717, 1.165) is 12.1 Å². The second-order valence-electron chi connectivity index (χ2n) is 5.48. The zero-order chi connectivity index (χ0) is 19.3. The number of aromatic nitrogens is 2. The molecule has 2 aromatic rings. The van der Waals surface area contributed by atoms with E-state index < -0.39 is 23.6 Å². The van der Waals surface area contributed by atoms with E-state index in [1.54, 1.807) is 0 Å². The Kier molecular flexibility index (Phi) is 5.98. The van der Waals surface area contributed by atoms with Gasteiger partial charge in [-0.2, -0.15) is 18.3 Å². The molecule has 0 aliphatic rings. The van der Waals surface area contributed by atoms with E-state index in [9.17, 15) is 22.8 Å². The molecule has 0 radical (unpaired) electrons. The number of hydrogen-bond donors (Lipinski definition) is 2. The molecule has 0 saturated heterocycles. The van der Waals surface area contributed by atoms with Crippen molar-refractivity contribution in [3.63, 3.8) is 0 Å². The molecule has 0 saturated carbocycles. The summed E-state index contributed by atoms with van der Waals surface area (Å²) in [5.74, 6) is -1.65. The molecule has 0 unspecified atom stereocenters. The maximum absolute atomic E-state index is 12.6. The number of benzene rings is 1. The van der Waals surface area contributed by atoms with Crippen molar-refractivity contribution in [1.29, 1.82) is 0 Å². The Morgan fingerprint density at radius 3 is 2.50 bits per heavy atom. The van der Waals surface area contributed by atoms with Crippen LogP contribution in [0.2, 0.25) is 0 Å². The molecule has 2 N–H and O–H groups in total. The van der Waals surface area contributed by atoms with Gasteiger partial charge in [0.2, 0.25) is 0 Å². The van der Waals surface area contributed by atoms with E-state index in [-0.39, 0.29) is 18.8 Å². The van der Waals surface area contributed by atoms with Crippen molar-refractivity contribution in [3.8, 4) is 5.69 Å². The quantitative estimate of drug-likeness (QED) is 0.784. The highest BCUT2D eigenvalue weighted by atomic mass is 19.4. The van der Waals surface area contributed by atoms with E-state index >= 15 is 0 Å². The van der Waals surface area contributed by atoms with Gasteiger partial charge in [-0.15, -0.1) is 0 Å². The van der Waals surface area contributed by atoms with E-state index in [4.69, 9.17) is 5.11 Å². The molecule has 0 fully saturated rings. The predicted molar refractivity (Wildman–Crippen MR) is 86.5 cm³/mol. The van der Waals surface area contributed by atoms with Crippen molar-refractivity contribution < 1.29 is 27.9 Å². The minimum atomic E-state index is -4.43. The Morgan fingerprint density at radius 1 is 1.27 bits per heavy atom. The molecule has 0 aliphatic carbocycles. The number of rotatable bonds is 5. The third-order valence-electron chi connectivity index (χ3n) is 3.49. The molecule has 2 amide bonds. The molecule has 1 aromatic heterocycles. The number of nitrogens with one attached hydrogen (secondary N) is 1. The first kappa shape index (κ1) is 19.4. The third-order valence-corrected chi connectivity index (χ3v) is 3.49. The van der Waals surface area contributed by atoms with Crippen LogP contribution in [-0.4, -0.2) is 51.8 Å². The van der Waals surface area contributed by atoms with Crippen LogP contribution in [0.4, 0.5) is 18.9 Å². The molecule has 0 atom stereocenters. The van der Waals surface area contributed by atoms with Gasteiger partial charge in [0, 0.05) is 20.2 Å². The number of amides is 2. The Balaban J connectivity index is 2.03. The van der Waals surface area contributed by atoms with Gasteiger partial charge in [0.1, 0.15) is 0 Å². The number of likely N-dealkylation sites (N-methyl/N-ethyl adjacent to an activating group) is 1. The van der Waals surface area contributed by atoms with Crippen LogP contribution in [0.1, 0.15) is 12.0 Å². The zero-order valence-corrected chi connectivity index (χ0v) is 13.8. The van der Waals surface area contributed by atoms with Gasteiger partial charge in [0.25, 0.3) is 0 Å². The Hall–Kier alpha value is -2.88. The first-order valence-corrected chi connectivity index (χ1v) is 7.62. The van der Waals surface area contributed by atoms with Crippen molar-refractivity contribution in [3.05, 3.63) is 42.2 Å². The fourth-order valence-electron chi connectivity index (χ4n) is 2.10. The summed E-state index contributed by atoms with van der Waals surface area (Å²) >= 11 is 0. The first-order chi connectivity index (χ1) is 12.2. The maximum atomic E-state index is 12.6. The van der Waals surface area contributed by atoms with Crippen LogP contribution in [0.25, 0.3) is 5.69 Å². The van der Waals surface area contributed by atoms with Gasteiger partial charge < -0.3 is 15.3 Å². The Morgan fingerprint density at radius 2 is 1.92 bits per heavy atom. The van der Waals surface area contributed by atoms with E-state index in [2.05, 4.69) is 10.4 Å². The predicted octanol–water partition coefficient (Wildman–Crippen LogP) is 1.67. The summed E-state index contributed by atoms with van der Waals surface area (Å²) in [5, 5.41) is 15.0. The normalized spacial score (nSPS) is 11.3. The first-order valence-electron chi connectivity index (χ1n) is 7.62. The van der Waals surface area contributed by atoms with E-state index in [1.807, 2.05) is 0 Å². The van der Waals surface area contributed by atoms with E-state index in [0.29, 0.717) is 12.1 Å². The molecule has 26 heavy (non-hydrogen) atoms. The lowest BCUT2D eigenvalue weighted by molar-refractivity contribution is -0.142. The van der Waals surface area contributed by atoms with Gasteiger partial charge >= 0.3 is 18.0 Å². The number of carbonyl (C=O) groups excluding carboxylic acids is 2. The summed E-state index contributed by atoms with van der Waals surface area (Å²) < 4.78 is 39.0. The smallest absolute Gasteiger partial charge is 0.396 e. The molecule has 0 bridgehead atoms. The summed E-state index contributed by atoms with van der Waals surface area (Å²) in [7, 11) is 1.43. The summed E-state index contributed by atoms with van der Waals surface area (Å²) in [6, 6.07) is 4.34. The molecule has 1 aromatic carbocycles. The second kappa shape index (κ2) is 8.00. The molecule has 10 heteroatoms. The summed E-state index contributed by atoms with van der Waals surface area (Å²) in [4.78, 5) is 24.9. The molecule has 0 aliphatic heterocycles. The fourth-order valence-corrected chi connectivity index (χ4v) is 2.10.